The van der Waals surface area contributed by atoms with E-state index in [-0.39, 0.29) is 28.3 Å². The molecule has 2 aliphatic heterocycles. The molecule has 0 amide bonds. The van der Waals surface area contributed by atoms with E-state index in [9.17, 15) is 15.0 Å². The van der Waals surface area contributed by atoms with Crippen molar-refractivity contribution < 1.29 is 56.7 Å². The maximum absolute atomic E-state index is 12.7. The van der Waals surface area contributed by atoms with Gasteiger partial charge in [0, 0.05) is 12.5 Å². The number of hydrogen-bond acceptors (Lipinski definition) is 12. The standard InChI is InChI=1S/C46H76O12Si3/c1-29(47)52-37-34(49)33(48)36(38(50-27-30-23-19-17-20-24-30)40(37)57-60(13,14)45(5,6)7)55-43-41(58-61(15,16)46(8,9)10)39(56-59(11,12)44(2,3)4)35-32(53-43)28-51-42(54-35)31-25-21-18-22-26-31/h17-26,32-43,48-49H,27-28H2,1-16H3/t32?,33-,34+,35?,36+,37+,38-,39-,40-,41+,42+,43-/m0/s1. The van der Waals surface area contributed by atoms with Crippen LogP contribution in [0.3, 0.4) is 0 Å². The molecule has 3 fully saturated rings. The molecule has 2 heterocycles. The number of ether oxygens (including phenoxy) is 6. The Balaban J connectivity index is 1.65. The fourth-order valence-electron chi connectivity index (χ4n) is 7.13. The molecule has 2 saturated heterocycles. The van der Waals surface area contributed by atoms with Crippen LogP contribution in [0.15, 0.2) is 60.7 Å². The van der Waals surface area contributed by atoms with Gasteiger partial charge in [0.05, 0.1) is 13.2 Å². The summed E-state index contributed by atoms with van der Waals surface area (Å²) >= 11 is 0. The Kier molecular flexibility index (Phi) is 15.6. The fraction of sp³-hybridized carbons (Fsp3) is 0.717. The number of fused-ring (bicyclic) bond motifs is 1. The van der Waals surface area contributed by atoms with Gasteiger partial charge in [0.1, 0.15) is 54.9 Å². The first-order chi connectivity index (χ1) is 28.0. The summed E-state index contributed by atoms with van der Waals surface area (Å²) in [6.07, 6.45) is -12.4. The molecule has 2 aromatic carbocycles. The summed E-state index contributed by atoms with van der Waals surface area (Å²) < 4.78 is 61.8. The summed E-state index contributed by atoms with van der Waals surface area (Å²) in [5, 5.41) is 23.6. The zero-order valence-corrected chi connectivity index (χ0v) is 42.6. The first-order valence-electron chi connectivity index (χ1n) is 21.9. The smallest absolute Gasteiger partial charge is 0.303 e. The van der Waals surface area contributed by atoms with Gasteiger partial charge in [-0.2, -0.15) is 0 Å². The summed E-state index contributed by atoms with van der Waals surface area (Å²) in [4.78, 5) is 12.7. The van der Waals surface area contributed by atoms with Crippen molar-refractivity contribution in [3.05, 3.63) is 71.8 Å². The number of carbonyl (C=O) groups excluding carboxylic acids is 1. The van der Waals surface area contributed by atoms with E-state index in [1.807, 2.05) is 60.7 Å². The predicted molar refractivity (Wildman–Crippen MR) is 242 cm³/mol. The molecule has 15 heteroatoms. The average Bonchev–Trinajstić information content (AvgIpc) is 3.15. The summed E-state index contributed by atoms with van der Waals surface area (Å²) in [5.41, 5.74) is 1.75. The van der Waals surface area contributed by atoms with Gasteiger partial charge >= 0.3 is 5.97 Å². The van der Waals surface area contributed by atoms with Crippen LogP contribution in [-0.4, -0.2) is 115 Å². The van der Waals surface area contributed by atoms with E-state index in [4.69, 9.17) is 41.7 Å². The normalized spacial score (nSPS) is 32.0. The third-order valence-corrected chi connectivity index (χ3v) is 27.4. The molecule has 0 bridgehead atoms. The molecular formula is C46H76O12Si3. The molecule has 0 aromatic heterocycles. The average molecular weight is 905 g/mol. The van der Waals surface area contributed by atoms with Crippen molar-refractivity contribution in [1.29, 1.82) is 0 Å². The van der Waals surface area contributed by atoms with E-state index >= 15 is 0 Å². The maximum Gasteiger partial charge on any atom is 0.303 e. The van der Waals surface area contributed by atoms with Gasteiger partial charge in [-0.05, 0) is 60.0 Å². The van der Waals surface area contributed by atoms with E-state index in [2.05, 4.69) is 102 Å². The van der Waals surface area contributed by atoms with Crippen molar-refractivity contribution in [3.8, 4) is 0 Å². The second-order valence-electron chi connectivity index (χ2n) is 21.7. The van der Waals surface area contributed by atoms with Crippen LogP contribution in [0.5, 0.6) is 0 Å². The number of hydrogen-bond donors (Lipinski definition) is 2. The Hall–Kier alpha value is -1.84. The van der Waals surface area contributed by atoms with E-state index < -0.39 is 105 Å². The highest BCUT2D eigenvalue weighted by Gasteiger charge is 2.61. The van der Waals surface area contributed by atoms with Crippen LogP contribution in [0.2, 0.25) is 54.4 Å². The van der Waals surface area contributed by atoms with Crippen molar-refractivity contribution in [2.24, 2.45) is 0 Å². The summed E-state index contributed by atoms with van der Waals surface area (Å²) in [7, 11) is -7.86. The van der Waals surface area contributed by atoms with Crippen LogP contribution < -0.4 is 0 Å². The van der Waals surface area contributed by atoms with Gasteiger partial charge in [0.25, 0.3) is 0 Å². The summed E-state index contributed by atoms with van der Waals surface area (Å²) in [6.45, 7) is 33.9. The topological polar surface area (TPSA) is 141 Å². The van der Waals surface area contributed by atoms with Crippen LogP contribution in [-0.2, 0) is 53.1 Å². The molecule has 12 atom stereocenters. The van der Waals surface area contributed by atoms with Crippen molar-refractivity contribution in [3.63, 3.8) is 0 Å². The number of rotatable bonds is 13. The van der Waals surface area contributed by atoms with Crippen molar-refractivity contribution in [2.45, 2.75) is 204 Å². The molecule has 61 heavy (non-hydrogen) atoms. The lowest BCUT2D eigenvalue weighted by atomic mass is 9.84. The summed E-state index contributed by atoms with van der Waals surface area (Å²) in [5.74, 6) is -0.623. The molecule has 0 spiro atoms. The lowest BCUT2D eigenvalue weighted by Gasteiger charge is -2.55. The van der Waals surface area contributed by atoms with Crippen LogP contribution in [0.1, 0.15) is 86.7 Å². The second-order valence-corrected chi connectivity index (χ2v) is 35.9. The molecule has 2 aromatic rings. The number of esters is 1. The third-order valence-electron chi connectivity index (χ3n) is 13.9. The number of benzene rings is 2. The first kappa shape index (κ1) is 50.2. The highest BCUT2D eigenvalue weighted by atomic mass is 28.4. The van der Waals surface area contributed by atoms with E-state index in [1.165, 1.54) is 6.92 Å². The lowest BCUT2D eigenvalue weighted by Crippen LogP contribution is -2.71. The Morgan fingerprint density at radius 2 is 1.11 bits per heavy atom. The molecule has 12 nitrogen and oxygen atoms in total. The molecule has 2 unspecified atom stereocenters. The molecule has 3 aliphatic rings. The van der Waals surface area contributed by atoms with Gasteiger partial charge in [-0.3, -0.25) is 4.79 Å². The van der Waals surface area contributed by atoms with E-state index in [0.717, 1.165) is 11.1 Å². The number of carbonyl (C=O) groups is 1. The van der Waals surface area contributed by atoms with Crippen LogP contribution in [0.4, 0.5) is 0 Å². The van der Waals surface area contributed by atoms with Gasteiger partial charge < -0.3 is 51.9 Å². The number of aliphatic hydroxyl groups is 2. The lowest BCUT2D eigenvalue weighted by molar-refractivity contribution is -0.375. The van der Waals surface area contributed by atoms with Gasteiger partial charge in [-0.1, -0.05) is 123 Å². The number of aliphatic hydroxyl groups excluding tert-OH is 2. The minimum absolute atomic E-state index is 0.123. The van der Waals surface area contributed by atoms with E-state index in [0.29, 0.717) is 0 Å². The van der Waals surface area contributed by atoms with Crippen LogP contribution in [0.25, 0.3) is 0 Å². The van der Waals surface area contributed by atoms with Crippen molar-refractivity contribution >= 4 is 30.9 Å². The Morgan fingerprint density at radius 3 is 1.62 bits per heavy atom. The van der Waals surface area contributed by atoms with Crippen molar-refractivity contribution in [2.75, 3.05) is 6.61 Å². The highest BCUT2D eigenvalue weighted by Crippen LogP contribution is 2.47. The van der Waals surface area contributed by atoms with Gasteiger partial charge in [0.15, 0.2) is 43.6 Å². The monoisotopic (exact) mass is 904 g/mol. The zero-order valence-electron chi connectivity index (χ0n) is 39.6. The molecule has 5 rings (SSSR count). The van der Waals surface area contributed by atoms with Crippen LogP contribution >= 0.6 is 0 Å². The van der Waals surface area contributed by atoms with E-state index in [1.54, 1.807) is 0 Å². The Morgan fingerprint density at radius 1 is 0.639 bits per heavy atom. The SMILES string of the molecule is CC(=O)O[C@@H]1[C@H](O)[C@H](O)[C@@H](O[C@@H]2OC3CO[C@@H](c4ccccc4)OC3[C@H](O[Si](C)(C)C(C)(C)C)[C@H]2O[Si](C)(C)C(C)(C)C)[C@H](OCc2ccccc2)[C@H]1O[Si](C)(C)C(C)(C)C. The molecule has 344 valence electrons. The van der Waals surface area contributed by atoms with Crippen molar-refractivity contribution in [1.82, 2.24) is 0 Å². The minimum atomic E-state index is -2.67. The quantitative estimate of drug-likeness (QED) is 0.147. The molecule has 1 saturated carbocycles. The predicted octanol–water partition coefficient (Wildman–Crippen LogP) is 8.63. The maximum atomic E-state index is 12.7. The van der Waals surface area contributed by atoms with Gasteiger partial charge in [-0.25, -0.2) is 0 Å². The third kappa shape index (κ3) is 11.5. The van der Waals surface area contributed by atoms with Crippen LogP contribution in [0, 0.1) is 0 Å². The fourth-order valence-corrected chi connectivity index (χ4v) is 11.0. The molecule has 2 N–H and O–H groups in total. The Bertz CT molecular complexity index is 1720. The van der Waals surface area contributed by atoms with Gasteiger partial charge in [-0.15, -0.1) is 0 Å². The minimum Gasteiger partial charge on any atom is -0.457 e. The molecular weight excluding hydrogens is 829 g/mol. The largest absolute Gasteiger partial charge is 0.457 e. The molecule has 0 radical (unpaired) electrons. The zero-order chi connectivity index (χ0) is 45.5. The Labute approximate surface area is 368 Å². The first-order valence-corrected chi connectivity index (χ1v) is 30.6. The summed E-state index contributed by atoms with van der Waals surface area (Å²) in [6, 6.07) is 19.5. The molecule has 1 aliphatic carbocycles. The van der Waals surface area contributed by atoms with Gasteiger partial charge in [0.2, 0.25) is 0 Å². The highest BCUT2D eigenvalue weighted by molar-refractivity contribution is 6.75. The second kappa shape index (κ2) is 18.9.